The van der Waals surface area contributed by atoms with Crippen LogP contribution in [-0.4, -0.2) is 49.1 Å². The minimum Gasteiger partial charge on any atom is -0.507 e. The molecule has 2 aromatic carbocycles. The van der Waals surface area contributed by atoms with Crippen molar-refractivity contribution < 1.29 is 24.2 Å². The standard InChI is InChI=1S/C21H20ClNO5/c1-27-12-11-23-18(13-3-7-15(22)8-4-13)17(20(25)21(23)26)19(24)14-5-9-16(28-2)10-6-14/h3-10,18,24H,11-12H2,1-2H3/b19-17+/t18-/m1/s1. The van der Waals surface area contributed by atoms with Crippen LogP contribution in [0.15, 0.2) is 54.1 Å². The number of likely N-dealkylation sites (tertiary alicyclic amines) is 1. The van der Waals surface area contributed by atoms with Crippen LogP contribution in [0.2, 0.25) is 5.02 Å². The summed E-state index contributed by atoms with van der Waals surface area (Å²) in [6, 6.07) is 12.7. The van der Waals surface area contributed by atoms with Gasteiger partial charge in [-0.15, -0.1) is 0 Å². The fourth-order valence-corrected chi connectivity index (χ4v) is 3.32. The molecule has 0 radical (unpaired) electrons. The monoisotopic (exact) mass is 401 g/mol. The molecule has 1 saturated heterocycles. The fraction of sp³-hybridized carbons (Fsp3) is 0.238. The van der Waals surface area contributed by atoms with Crippen LogP contribution in [0.3, 0.4) is 0 Å². The van der Waals surface area contributed by atoms with Gasteiger partial charge in [-0.3, -0.25) is 9.59 Å². The van der Waals surface area contributed by atoms with Gasteiger partial charge in [0, 0.05) is 24.2 Å². The highest BCUT2D eigenvalue weighted by Gasteiger charge is 2.45. The van der Waals surface area contributed by atoms with E-state index in [9.17, 15) is 14.7 Å². The molecule has 1 aliphatic rings. The predicted octanol–water partition coefficient (Wildman–Crippen LogP) is 3.42. The van der Waals surface area contributed by atoms with Gasteiger partial charge in [0.2, 0.25) is 0 Å². The average molecular weight is 402 g/mol. The van der Waals surface area contributed by atoms with Crippen molar-refractivity contribution in [3.8, 4) is 5.75 Å². The first-order valence-electron chi connectivity index (χ1n) is 8.65. The van der Waals surface area contributed by atoms with Crippen molar-refractivity contribution in [2.45, 2.75) is 6.04 Å². The molecule has 6 nitrogen and oxygen atoms in total. The number of aliphatic hydroxyl groups is 1. The molecule has 1 heterocycles. The van der Waals surface area contributed by atoms with Crippen LogP contribution in [0.5, 0.6) is 5.75 Å². The quantitative estimate of drug-likeness (QED) is 0.456. The summed E-state index contributed by atoms with van der Waals surface area (Å²) in [6.07, 6.45) is 0. The van der Waals surface area contributed by atoms with Gasteiger partial charge in [-0.05, 0) is 42.0 Å². The van der Waals surface area contributed by atoms with Gasteiger partial charge in [-0.25, -0.2) is 0 Å². The van der Waals surface area contributed by atoms with E-state index in [4.69, 9.17) is 21.1 Å². The molecule has 0 spiro atoms. The highest BCUT2D eigenvalue weighted by Crippen LogP contribution is 2.39. The second-order valence-electron chi connectivity index (χ2n) is 6.27. The van der Waals surface area contributed by atoms with Crippen molar-refractivity contribution in [1.29, 1.82) is 0 Å². The van der Waals surface area contributed by atoms with Gasteiger partial charge in [-0.1, -0.05) is 23.7 Å². The Bertz CT molecular complexity index is 905. The van der Waals surface area contributed by atoms with Gasteiger partial charge < -0.3 is 19.5 Å². The van der Waals surface area contributed by atoms with Crippen molar-refractivity contribution in [2.75, 3.05) is 27.4 Å². The minimum atomic E-state index is -0.732. The predicted molar refractivity (Wildman–Crippen MR) is 105 cm³/mol. The summed E-state index contributed by atoms with van der Waals surface area (Å²) in [4.78, 5) is 26.8. The van der Waals surface area contributed by atoms with E-state index in [-0.39, 0.29) is 24.5 Å². The number of aliphatic hydroxyl groups excluding tert-OH is 1. The van der Waals surface area contributed by atoms with Crippen molar-refractivity contribution in [3.63, 3.8) is 0 Å². The molecule has 3 rings (SSSR count). The smallest absolute Gasteiger partial charge is 0.295 e. The molecule has 1 fully saturated rings. The van der Waals surface area contributed by atoms with Crippen LogP contribution < -0.4 is 4.74 Å². The van der Waals surface area contributed by atoms with Crippen LogP contribution in [0.25, 0.3) is 5.76 Å². The van der Waals surface area contributed by atoms with Crippen LogP contribution >= 0.6 is 11.6 Å². The minimum absolute atomic E-state index is 0.0357. The largest absolute Gasteiger partial charge is 0.507 e. The number of halogens is 1. The number of ether oxygens (including phenoxy) is 2. The van der Waals surface area contributed by atoms with Crippen LogP contribution in [-0.2, 0) is 14.3 Å². The lowest BCUT2D eigenvalue weighted by atomic mass is 9.95. The number of benzene rings is 2. The van der Waals surface area contributed by atoms with Crippen molar-refractivity contribution in [3.05, 3.63) is 70.3 Å². The Morgan fingerprint density at radius 1 is 1.07 bits per heavy atom. The number of carbonyl (C=O) groups excluding carboxylic acids is 2. The van der Waals surface area contributed by atoms with E-state index >= 15 is 0 Å². The first-order chi connectivity index (χ1) is 13.5. The summed E-state index contributed by atoms with van der Waals surface area (Å²) in [7, 11) is 3.06. The zero-order valence-electron chi connectivity index (χ0n) is 15.5. The van der Waals surface area contributed by atoms with Gasteiger partial charge in [0.05, 0.1) is 25.3 Å². The number of rotatable bonds is 6. The van der Waals surface area contributed by atoms with E-state index in [0.29, 0.717) is 21.9 Å². The zero-order valence-corrected chi connectivity index (χ0v) is 16.3. The average Bonchev–Trinajstić information content (AvgIpc) is 2.97. The number of Topliss-reactive ketones (excluding diaryl/α,β-unsaturated/α-hetero) is 1. The fourth-order valence-electron chi connectivity index (χ4n) is 3.20. The maximum atomic E-state index is 12.8. The molecule has 0 aromatic heterocycles. The lowest BCUT2D eigenvalue weighted by Crippen LogP contribution is -2.32. The van der Waals surface area contributed by atoms with E-state index in [1.54, 1.807) is 48.5 Å². The van der Waals surface area contributed by atoms with E-state index in [1.807, 2.05) is 0 Å². The SMILES string of the molecule is COCCN1C(=O)C(=O)/C(=C(/O)c2ccc(OC)cc2)[C@H]1c1ccc(Cl)cc1. The molecule has 1 N–H and O–H groups in total. The third-order valence-corrected chi connectivity index (χ3v) is 4.88. The van der Waals surface area contributed by atoms with E-state index < -0.39 is 17.7 Å². The molecule has 1 amide bonds. The Hall–Kier alpha value is -2.83. The molecule has 0 unspecified atom stereocenters. The molecule has 146 valence electrons. The Morgan fingerprint density at radius 3 is 2.29 bits per heavy atom. The molecule has 2 aromatic rings. The van der Waals surface area contributed by atoms with Gasteiger partial charge in [0.1, 0.15) is 11.5 Å². The molecule has 0 aliphatic carbocycles. The van der Waals surface area contributed by atoms with Gasteiger partial charge in [0.25, 0.3) is 11.7 Å². The van der Waals surface area contributed by atoms with E-state index in [2.05, 4.69) is 0 Å². The maximum absolute atomic E-state index is 12.8. The molecular formula is C21H20ClNO5. The molecule has 28 heavy (non-hydrogen) atoms. The normalized spacial score (nSPS) is 18.5. The molecule has 0 saturated carbocycles. The third-order valence-electron chi connectivity index (χ3n) is 4.63. The Morgan fingerprint density at radius 2 is 1.71 bits per heavy atom. The molecule has 1 aliphatic heterocycles. The number of carbonyl (C=O) groups is 2. The van der Waals surface area contributed by atoms with Crippen LogP contribution in [0, 0.1) is 0 Å². The highest BCUT2D eigenvalue weighted by atomic mass is 35.5. The molecule has 1 atom stereocenters. The zero-order chi connectivity index (χ0) is 20.3. The molecular weight excluding hydrogens is 382 g/mol. The van der Waals surface area contributed by atoms with Crippen molar-refractivity contribution >= 4 is 29.1 Å². The van der Waals surface area contributed by atoms with Crippen LogP contribution in [0.4, 0.5) is 0 Å². The Kier molecular flexibility index (Phi) is 6.02. The number of ketones is 1. The summed E-state index contributed by atoms with van der Waals surface area (Å²) in [5.74, 6) is -1.02. The van der Waals surface area contributed by atoms with Crippen LogP contribution in [0.1, 0.15) is 17.2 Å². The summed E-state index contributed by atoms with van der Waals surface area (Å²) in [5, 5.41) is 11.4. The number of hydrogen-bond acceptors (Lipinski definition) is 5. The van der Waals surface area contributed by atoms with Gasteiger partial charge in [-0.2, -0.15) is 0 Å². The Labute approximate surface area is 167 Å². The summed E-state index contributed by atoms with van der Waals surface area (Å²) >= 11 is 5.98. The maximum Gasteiger partial charge on any atom is 0.295 e. The molecule has 0 bridgehead atoms. The summed E-state index contributed by atoms with van der Waals surface area (Å²) in [6.45, 7) is 0.480. The number of amides is 1. The topological polar surface area (TPSA) is 76.1 Å². The van der Waals surface area contributed by atoms with Crippen molar-refractivity contribution in [1.82, 2.24) is 4.90 Å². The first-order valence-corrected chi connectivity index (χ1v) is 9.03. The van der Waals surface area contributed by atoms with Gasteiger partial charge >= 0.3 is 0 Å². The second-order valence-corrected chi connectivity index (χ2v) is 6.70. The Balaban J connectivity index is 2.12. The second kappa shape index (κ2) is 8.46. The first kappa shape index (κ1) is 19.9. The van der Waals surface area contributed by atoms with E-state index in [1.165, 1.54) is 19.1 Å². The van der Waals surface area contributed by atoms with E-state index in [0.717, 1.165) is 0 Å². The number of hydrogen-bond donors (Lipinski definition) is 1. The lowest BCUT2D eigenvalue weighted by Gasteiger charge is -2.25. The third kappa shape index (κ3) is 3.74. The summed E-state index contributed by atoms with van der Waals surface area (Å²) in [5.41, 5.74) is 1.13. The summed E-state index contributed by atoms with van der Waals surface area (Å²) < 4.78 is 10.2. The number of methoxy groups -OCH3 is 2. The molecule has 7 heteroatoms. The van der Waals surface area contributed by atoms with Crippen molar-refractivity contribution in [2.24, 2.45) is 0 Å². The lowest BCUT2D eigenvalue weighted by molar-refractivity contribution is -0.140. The highest BCUT2D eigenvalue weighted by molar-refractivity contribution is 6.46. The number of nitrogens with zero attached hydrogens (tertiary/aromatic N) is 1. The van der Waals surface area contributed by atoms with Gasteiger partial charge in [0.15, 0.2) is 0 Å².